The van der Waals surface area contributed by atoms with Crippen LogP contribution in [-0.4, -0.2) is 26.4 Å². The van der Waals surface area contributed by atoms with Crippen LogP contribution in [0.25, 0.3) is 0 Å². The first-order chi connectivity index (χ1) is 8.81. The molecule has 2 rings (SSSR count). The highest BCUT2D eigenvalue weighted by Crippen LogP contribution is 2.16. The number of nitrogens with zero attached hydrogens (tertiary/aromatic N) is 4. The first-order valence-electron chi connectivity index (χ1n) is 6.06. The topological polar surface area (TPSA) is 64.9 Å². The van der Waals surface area contributed by atoms with Gasteiger partial charge in [0.05, 0.1) is 18.5 Å². The summed E-state index contributed by atoms with van der Waals surface area (Å²) in [6.45, 7) is 5.60. The van der Waals surface area contributed by atoms with Crippen molar-refractivity contribution in [2.75, 3.05) is 11.9 Å². The summed E-state index contributed by atoms with van der Waals surface area (Å²) in [4.78, 5) is 8.18. The fourth-order valence-corrected chi connectivity index (χ4v) is 1.44. The molecule has 0 aliphatic carbocycles. The van der Waals surface area contributed by atoms with Gasteiger partial charge in [-0.2, -0.15) is 5.10 Å². The zero-order valence-corrected chi connectivity index (χ0v) is 10.6. The summed E-state index contributed by atoms with van der Waals surface area (Å²) in [7, 11) is 0. The van der Waals surface area contributed by atoms with Crippen LogP contribution in [0.15, 0.2) is 24.8 Å². The predicted molar refractivity (Wildman–Crippen MR) is 69.0 cm³/mol. The zero-order chi connectivity index (χ0) is 12.8. The Morgan fingerprint density at radius 2 is 2.22 bits per heavy atom. The van der Waals surface area contributed by atoms with Crippen molar-refractivity contribution in [1.82, 2.24) is 19.7 Å². The van der Waals surface area contributed by atoms with Crippen LogP contribution in [0.1, 0.15) is 20.3 Å². The molecule has 96 valence electrons. The third kappa shape index (κ3) is 3.19. The molecule has 0 unspecified atom stereocenters. The van der Waals surface area contributed by atoms with Gasteiger partial charge in [-0.1, -0.05) is 6.92 Å². The number of rotatable bonds is 6. The van der Waals surface area contributed by atoms with Gasteiger partial charge < -0.3 is 10.1 Å². The minimum absolute atomic E-state index is 0.581. The Morgan fingerprint density at radius 3 is 2.94 bits per heavy atom. The second-order valence-corrected chi connectivity index (χ2v) is 3.80. The van der Waals surface area contributed by atoms with E-state index in [4.69, 9.17) is 4.74 Å². The molecule has 6 nitrogen and oxygen atoms in total. The molecule has 0 fully saturated rings. The van der Waals surface area contributed by atoms with E-state index >= 15 is 0 Å². The Hall–Kier alpha value is -2.11. The Bertz CT molecular complexity index is 497. The van der Waals surface area contributed by atoms with Crippen molar-refractivity contribution in [3.8, 4) is 5.88 Å². The molecular weight excluding hydrogens is 230 g/mol. The van der Waals surface area contributed by atoms with Gasteiger partial charge >= 0.3 is 0 Å². The molecule has 0 atom stereocenters. The number of hydrogen-bond acceptors (Lipinski definition) is 5. The minimum atomic E-state index is 0.581. The number of hydrogen-bond donors (Lipinski definition) is 1. The number of nitrogens with one attached hydrogen (secondary N) is 1. The van der Waals surface area contributed by atoms with Crippen LogP contribution >= 0.6 is 0 Å². The van der Waals surface area contributed by atoms with E-state index in [9.17, 15) is 0 Å². The van der Waals surface area contributed by atoms with E-state index in [2.05, 4.69) is 27.3 Å². The molecule has 0 spiro atoms. The Morgan fingerprint density at radius 1 is 1.33 bits per heavy atom. The first-order valence-corrected chi connectivity index (χ1v) is 6.06. The molecule has 0 aliphatic heterocycles. The zero-order valence-electron chi connectivity index (χ0n) is 10.6. The third-order valence-corrected chi connectivity index (χ3v) is 2.33. The standard InChI is InChI=1S/C12H17N5O/c1-3-5-18-12-6-11(13-9-14-12)16-10-7-15-17(4-2)8-10/h6-9H,3-5H2,1-2H3,(H,13,14,16). The fourth-order valence-electron chi connectivity index (χ4n) is 1.44. The average Bonchev–Trinajstić information content (AvgIpc) is 2.84. The fraction of sp³-hybridized carbons (Fsp3) is 0.417. The van der Waals surface area contributed by atoms with Crippen molar-refractivity contribution >= 4 is 11.5 Å². The maximum absolute atomic E-state index is 5.45. The summed E-state index contributed by atoms with van der Waals surface area (Å²) in [6, 6.07) is 1.78. The van der Waals surface area contributed by atoms with Crippen molar-refractivity contribution in [2.45, 2.75) is 26.8 Å². The van der Waals surface area contributed by atoms with E-state index in [0.29, 0.717) is 18.3 Å². The Kier molecular flexibility index (Phi) is 4.11. The molecule has 2 heterocycles. The predicted octanol–water partition coefficient (Wildman–Crippen LogP) is 2.23. The van der Waals surface area contributed by atoms with Crippen LogP contribution < -0.4 is 10.1 Å². The lowest BCUT2D eigenvalue weighted by Crippen LogP contribution is -1.99. The molecule has 1 N–H and O–H groups in total. The monoisotopic (exact) mass is 247 g/mol. The van der Waals surface area contributed by atoms with Gasteiger partial charge in [0.15, 0.2) is 0 Å². The molecule has 0 aliphatic rings. The van der Waals surface area contributed by atoms with Gasteiger partial charge in [-0.25, -0.2) is 9.97 Å². The average molecular weight is 247 g/mol. The second-order valence-electron chi connectivity index (χ2n) is 3.80. The molecule has 6 heteroatoms. The molecule has 2 aromatic heterocycles. The van der Waals surface area contributed by atoms with E-state index in [0.717, 1.165) is 18.7 Å². The summed E-state index contributed by atoms with van der Waals surface area (Å²) in [6.07, 6.45) is 6.13. The molecule has 0 amide bonds. The number of anilines is 2. The van der Waals surface area contributed by atoms with Crippen molar-refractivity contribution < 1.29 is 4.74 Å². The smallest absolute Gasteiger partial charge is 0.218 e. The van der Waals surface area contributed by atoms with Gasteiger partial charge in [-0.05, 0) is 13.3 Å². The lowest BCUT2D eigenvalue weighted by atomic mass is 10.5. The summed E-state index contributed by atoms with van der Waals surface area (Å²) < 4.78 is 7.29. The van der Waals surface area contributed by atoms with Gasteiger partial charge in [-0.15, -0.1) is 0 Å². The maximum atomic E-state index is 5.45. The molecule has 0 radical (unpaired) electrons. The van der Waals surface area contributed by atoms with Gasteiger partial charge in [0.2, 0.25) is 5.88 Å². The van der Waals surface area contributed by atoms with Gasteiger partial charge in [0.25, 0.3) is 0 Å². The summed E-state index contributed by atoms with van der Waals surface area (Å²) in [5.41, 5.74) is 0.900. The Labute approximate surface area is 106 Å². The summed E-state index contributed by atoms with van der Waals surface area (Å²) in [5, 5.41) is 7.34. The number of ether oxygens (including phenoxy) is 1. The number of aryl methyl sites for hydroxylation is 1. The van der Waals surface area contributed by atoms with Crippen molar-refractivity contribution in [3.63, 3.8) is 0 Å². The van der Waals surface area contributed by atoms with E-state index in [1.165, 1.54) is 6.33 Å². The van der Waals surface area contributed by atoms with Crippen molar-refractivity contribution in [3.05, 3.63) is 24.8 Å². The van der Waals surface area contributed by atoms with Crippen molar-refractivity contribution in [1.29, 1.82) is 0 Å². The molecule has 0 aromatic carbocycles. The van der Waals surface area contributed by atoms with Crippen LogP contribution in [0.5, 0.6) is 5.88 Å². The minimum Gasteiger partial charge on any atom is -0.478 e. The second kappa shape index (κ2) is 6.00. The quantitative estimate of drug-likeness (QED) is 0.848. The lowest BCUT2D eigenvalue weighted by molar-refractivity contribution is 0.305. The van der Waals surface area contributed by atoms with Gasteiger partial charge in [-0.3, -0.25) is 4.68 Å². The van der Waals surface area contributed by atoms with E-state index < -0.39 is 0 Å². The molecule has 2 aromatic rings. The maximum Gasteiger partial charge on any atom is 0.218 e. The number of aromatic nitrogens is 4. The molecule has 0 bridgehead atoms. The SMILES string of the molecule is CCCOc1cc(Nc2cnn(CC)c2)ncn1. The van der Waals surface area contributed by atoms with Crippen LogP contribution in [0.4, 0.5) is 11.5 Å². The van der Waals surface area contributed by atoms with E-state index in [1.807, 2.05) is 17.8 Å². The van der Waals surface area contributed by atoms with Crippen LogP contribution in [0, 0.1) is 0 Å². The molecule has 0 saturated heterocycles. The van der Waals surface area contributed by atoms with Crippen molar-refractivity contribution in [2.24, 2.45) is 0 Å². The molecule has 18 heavy (non-hydrogen) atoms. The molecule has 0 saturated carbocycles. The lowest BCUT2D eigenvalue weighted by Gasteiger charge is -2.05. The van der Waals surface area contributed by atoms with Gasteiger partial charge in [0.1, 0.15) is 12.1 Å². The summed E-state index contributed by atoms with van der Waals surface area (Å²) >= 11 is 0. The largest absolute Gasteiger partial charge is 0.478 e. The highest BCUT2D eigenvalue weighted by atomic mass is 16.5. The normalized spacial score (nSPS) is 10.3. The highest BCUT2D eigenvalue weighted by Gasteiger charge is 2.02. The Balaban J connectivity index is 2.04. The van der Waals surface area contributed by atoms with Crippen LogP contribution in [-0.2, 0) is 6.54 Å². The van der Waals surface area contributed by atoms with Gasteiger partial charge in [0, 0.05) is 18.8 Å². The third-order valence-electron chi connectivity index (χ3n) is 2.33. The summed E-state index contributed by atoms with van der Waals surface area (Å²) in [5.74, 6) is 1.28. The van der Waals surface area contributed by atoms with E-state index in [-0.39, 0.29) is 0 Å². The molecular formula is C12H17N5O. The highest BCUT2D eigenvalue weighted by molar-refractivity contribution is 5.54. The van der Waals surface area contributed by atoms with Crippen LogP contribution in [0.2, 0.25) is 0 Å². The first kappa shape index (κ1) is 12.3. The van der Waals surface area contributed by atoms with E-state index in [1.54, 1.807) is 12.3 Å². The van der Waals surface area contributed by atoms with Crippen LogP contribution in [0.3, 0.4) is 0 Å².